The van der Waals surface area contributed by atoms with Gasteiger partial charge in [-0.3, -0.25) is 9.69 Å². The Labute approximate surface area is 150 Å². The number of nitrogens with zero attached hydrogens (tertiary/aromatic N) is 2. The summed E-state index contributed by atoms with van der Waals surface area (Å²) in [7, 11) is 0. The molecule has 2 atom stereocenters. The van der Waals surface area contributed by atoms with Crippen LogP contribution < -0.4 is 4.90 Å². The average molecular weight is 411 g/mol. The van der Waals surface area contributed by atoms with Gasteiger partial charge in [-0.1, -0.05) is 22.0 Å². The molecule has 7 heteroatoms. The van der Waals surface area contributed by atoms with Crippen LogP contribution in [0.3, 0.4) is 0 Å². The van der Waals surface area contributed by atoms with E-state index in [2.05, 4.69) is 32.3 Å². The number of hydrogen-bond acceptors (Lipinski definition) is 4. The first-order chi connectivity index (χ1) is 10.7. The lowest BCUT2D eigenvalue weighted by Gasteiger charge is -2.24. The topological polar surface area (TPSA) is 23.6 Å². The first-order valence-corrected chi connectivity index (χ1v) is 9.86. The number of thioether (sulfide) groups is 1. The van der Waals surface area contributed by atoms with Crippen LogP contribution in [0.5, 0.6) is 0 Å². The number of halogens is 1. The van der Waals surface area contributed by atoms with Crippen molar-refractivity contribution >= 4 is 68.0 Å². The molecule has 0 unspecified atom stereocenters. The van der Waals surface area contributed by atoms with E-state index in [4.69, 9.17) is 12.2 Å². The lowest BCUT2D eigenvalue weighted by molar-refractivity contribution is -0.119. The van der Waals surface area contributed by atoms with Gasteiger partial charge in [-0.2, -0.15) is 0 Å². The van der Waals surface area contributed by atoms with E-state index in [1.165, 1.54) is 4.88 Å². The maximum atomic E-state index is 12.8. The van der Waals surface area contributed by atoms with Crippen molar-refractivity contribution in [1.29, 1.82) is 0 Å². The van der Waals surface area contributed by atoms with Gasteiger partial charge in [-0.15, -0.1) is 23.1 Å². The standard InChI is InChI=1S/C15H11BrN2OS3/c16-9-3-5-10(6-4-9)17-13(19)11-8-22-14(18(11)15(17)20)12-2-1-7-21-12/h1-7,11,14H,8H2/t11-,14-/m1/s1. The second kappa shape index (κ2) is 5.63. The summed E-state index contributed by atoms with van der Waals surface area (Å²) in [6.45, 7) is 0. The smallest absolute Gasteiger partial charge is 0.257 e. The van der Waals surface area contributed by atoms with Crippen molar-refractivity contribution in [3.63, 3.8) is 0 Å². The van der Waals surface area contributed by atoms with Crippen LogP contribution in [0.15, 0.2) is 46.3 Å². The number of thiophene rings is 1. The Morgan fingerprint density at radius 2 is 2.00 bits per heavy atom. The quantitative estimate of drug-likeness (QED) is 0.690. The molecule has 2 aliphatic heterocycles. The molecule has 4 rings (SSSR count). The van der Waals surface area contributed by atoms with E-state index in [1.807, 2.05) is 30.3 Å². The summed E-state index contributed by atoms with van der Waals surface area (Å²) >= 11 is 12.6. The van der Waals surface area contributed by atoms with Crippen molar-refractivity contribution in [2.75, 3.05) is 10.7 Å². The van der Waals surface area contributed by atoms with Crippen molar-refractivity contribution in [3.8, 4) is 0 Å². The molecule has 0 spiro atoms. The minimum Gasteiger partial charge on any atom is -0.319 e. The molecule has 22 heavy (non-hydrogen) atoms. The third kappa shape index (κ3) is 2.22. The number of fused-ring (bicyclic) bond motifs is 1. The zero-order valence-corrected chi connectivity index (χ0v) is 15.3. The van der Waals surface area contributed by atoms with Crippen LogP contribution >= 0.6 is 51.2 Å². The van der Waals surface area contributed by atoms with Gasteiger partial charge in [0.05, 0.1) is 5.69 Å². The number of benzene rings is 1. The van der Waals surface area contributed by atoms with Crippen LogP contribution in [0.25, 0.3) is 0 Å². The monoisotopic (exact) mass is 410 g/mol. The van der Waals surface area contributed by atoms with E-state index in [9.17, 15) is 4.79 Å². The van der Waals surface area contributed by atoms with Gasteiger partial charge in [0.2, 0.25) is 0 Å². The maximum Gasteiger partial charge on any atom is 0.257 e. The molecule has 2 saturated heterocycles. The molecule has 1 aromatic heterocycles. The zero-order chi connectivity index (χ0) is 15.3. The van der Waals surface area contributed by atoms with Crippen LogP contribution in [0.2, 0.25) is 0 Å². The van der Waals surface area contributed by atoms with E-state index in [-0.39, 0.29) is 17.3 Å². The summed E-state index contributed by atoms with van der Waals surface area (Å²) in [4.78, 5) is 17.8. The molecular formula is C15H11BrN2OS3. The van der Waals surface area contributed by atoms with Gasteiger partial charge < -0.3 is 4.90 Å². The maximum absolute atomic E-state index is 12.8. The van der Waals surface area contributed by atoms with E-state index < -0.39 is 0 Å². The fourth-order valence-corrected chi connectivity index (χ4v) is 5.92. The highest BCUT2D eigenvalue weighted by atomic mass is 79.9. The van der Waals surface area contributed by atoms with E-state index in [0.29, 0.717) is 5.11 Å². The lowest BCUT2D eigenvalue weighted by atomic mass is 10.2. The number of thiocarbonyl (C=S) groups is 1. The minimum absolute atomic E-state index is 0.0823. The summed E-state index contributed by atoms with van der Waals surface area (Å²) in [5, 5.41) is 2.83. The number of anilines is 1. The number of carbonyl (C=O) groups is 1. The van der Waals surface area contributed by atoms with Gasteiger partial charge >= 0.3 is 0 Å². The SMILES string of the molecule is O=C1[C@H]2CS[C@H](c3cccs3)N2C(=S)N1c1ccc(Br)cc1. The Hall–Kier alpha value is -0.890. The summed E-state index contributed by atoms with van der Waals surface area (Å²) in [6.07, 6.45) is 0. The molecule has 2 aromatic rings. The number of carbonyl (C=O) groups excluding carboxylic acids is 1. The molecule has 1 amide bonds. The largest absolute Gasteiger partial charge is 0.319 e. The van der Waals surface area contributed by atoms with Crippen molar-refractivity contribution < 1.29 is 4.79 Å². The second-order valence-electron chi connectivity index (χ2n) is 5.06. The van der Waals surface area contributed by atoms with Crippen LogP contribution in [0.1, 0.15) is 10.3 Å². The summed E-state index contributed by atoms with van der Waals surface area (Å²) in [5.74, 6) is 0.869. The minimum atomic E-state index is -0.145. The molecule has 0 radical (unpaired) electrons. The molecule has 3 heterocycles. The molecule has 0 N–H and O–H groups in total. The summed E-state index contributed by atoms with van der Waals surface area (Å²) < 4.78 is 0.987. The predicted octanol–water partition coefficient (Wildman–Crippen LogP) is 4.26. The fourth-order valence-electron chi connectivity index (χ4n) is 2.77. The number of rotatable bonds is 2. The second-order valence-corrected chi connectivity index (χ2v) is 8.43. The first-order valence-electron chi connectivity index (χ1n) is 6.73. The first kappa shape index (κ1) is 14.7. The molecule has 112 valence electrons. The number of hydrogen-bond donors (Lipinski definition) is 0. The average Bonchev–Trinajstić information content (AvgIpc) is 3.21. The molecule has 3 nitrogen and oxygen atoms in total. The summed E-state index contributed by atoms with van der Waals surface area (Å²) in [5.41, 5.74) is 0.836. The van der Waals surface area contributed by atoms with Crippen molar-refractivity contribution in [2.45, 2.75) is 11.4 Å². The molecule has 2 fully saturated rings. The number of amides is 1. The third-order valence-corrected chi connectivity index (χ3v) is 7.09. The molecule has 0 aliphatic carbocycles. The van der Waals surface area contributed by atoms with Crippen molar-refractivity contribution in [1.82, 2.24) is 4.90 Å². The molecule has 0 saturated carbocycles. The Bertz CT molecular complexity index is 732. The Morgan fingerprint density at radius 3 is 2.68 bits per heavy atom. The highest BCUT2D eigenvalue weighted by Gasteiger charge is 2.51. The van der Waals surface area contributed by atoms with Gasteiger partial charge in [0, 0.05) is 15.1 Å². The van der Waals surface area contributed by atoms with Gasteiger partial charge in [-0.25, -0.2) is 0 Å². The highest BCUT2D eigenvalue weighted by molar-refractivity contribution is 9.10. The Morgan fingerprint density at radius 1 is 1.23 bits per heavy atom. The highest BCUT2D eigenvalue weighted by Crippen LogP contribution is 2.47. The Balaban J connectivity index is 1.69. The van der Waals surface area contributed by atoms with Gasteiger partial charge in [-0.05, 0) is 47.9 Å². The fraction of sp³-hybridized carbons (Fsp3) is 0.200. The van der Waals surface area contributed by atoms with Crippen LogP contribution in [0.4, 0.5) is 5.69 Å². The van der Waals surface area contributed by atoms with Crippen molar-refractivity contribution in [3.05, 3.63) is 51.1 Å². The van der Waals surface area contributed by atoms with E-state index >= 15 is 0 Å². The van der Waals surface area contributed by atoms with Gasteiger partial charge in [0.1, 0.15) is 11.4 Å². The van der Waals surface area contributed by atoms with Gasteiger partial charge in [0.15, 0.2) is 5.11 Å². The predicted molar refractivity (Wildman–Crippen MR) is 99.4 cm³/mol. The molecular weight excluding hydrogens is 400 g/mol. The molecule has 2 aliphatic rings. The van der Waals surface area contributed by atoms with Crippen LogP contribution in [-0.4, -0.2) is 27.7 Å². The van der Waals surface area contributed by atoms with E-state index in [1.54, 1.807) is 28.0 Å². The molecule has 1 aromatic carbocycles. The third-order valence-electron chi connectivity index (χ3n) is 3.79. The van der Waals surface area contributed by atoms with Crippen molar-refractivity contribution in [2.24, 2.45) is 0 Å². The van der Waals surface area contributed by atoms with Crippen LogP contribution in [0, 0.1) is 0 Å². The molecule has 0 bridgehead atoms. The van der Waals surface area contributed by atoms with Gasteiger partial charge in [0.25, 0.3) is 5.91 Å². The zero-order valence-electron chi connectivity index (χ0n) is 11.3. The normalized spacial score (nSPS) is 24.2. The van der Waals surface area contributed by atoms with Crippen LogP contribution in [-0.2, 0) is 4.79 Å². The lowest BCUT2D eigenvalue weighted by Crippen LogP contribution is -2.33. The Kier molecular flexibility index (Phi) is 3.76. The summed E-state index contributed by atoms with van der Waals surface area (Å²) in [6, 6.07) is 11.7. The van der Waals surface area contributed by atoms with E-state index in [0.717, 1.165) is 15.9 Å².